The second-order valence-corrected chi connectivity index (χ2v) is 20.5. The number of carbonyl (C=O) groups is 2. The molecular formula is C67H73N10O2+. The van der Waals surface area contributed by atoms with Crippen LogP contribution >= 0.6 is 0 Å². The van der Waals surface area contributed by atoms with E-state index in [0.717, 1.165) is 160 Å². The van der Waals surface area contributed by atoms with Gasteiger partial charge in [0.05, 0.1) is 22.8 Å². The molecule has 0 spiro atoms. The number of nitrogens with two attached hydrogens (primary N) is 2. The second kappa shape index (κ2) is 25.9. The molecule has 8 aromatic rings. The van der Waals surface area contributed by atoms with Gasteiger partial charge >= 0.3 is 0 Å². The molecule has 9 rings (SSSR count). The molecule has 0 fully saturated rings. The van der Waals surface area contributed by atoms with Crippen molar-refractivity contribution in [3.05, 3.63) is 209 Å². The number of benzene rings is 7. The first-order valence-corrected chi connectivity index (χ1v) is 27.7. The molecule has 12 heteroatoms. The van der Waals surface area contributed by atoms with Crippen LogP contribution in [0.5, 0.6) is 0 Å². The molecule has 0 atom stereocenters. The van der Waals surface area contributed by atoms with Crippen LogP contribution in [0.3, 0.4) is 0 Å². The van der Waals surface area contributed by atoms with Gasteiger partial charge in [0.15, 0.2) is 5.52 Å². The number of aromatic nitrogens is 2. The highest BCUT2D eigenvalue weighted by atomic mass is 16.2. The number of hydrogen-bond donors (Lipinski definition) is 7. The largest absolute Gasteiger partial charge is 0.397 e. The Morgan fingerprint density at radius 2 is 1.11 bits per heavy atom. The van der Waals surface area contributed by atoms with E-state index in [2.05, 4.69) is 112 Å². The number of aliphatic imine (C=N–C) groups is 1. The maximum absolute atomic E-state index is 13.0. The zero-order chi connectivity index (χ0) is 55.3. The highest BCUT2D eigenvalue weighted by molar-refractivity contribution is 6.14. The summed E-state index contributed by atoms with van der Waals surface area (Å²) in [5.74, 6) is -0.159. The zero-order valence-corrected chi connectivity index (χ0v) is 46.0. The van der Waals surface area contributed by atoms with E-state index in [1.165, 1.54) is 0 Å². The lowest BCUT2D eigenvalue weighted by Gasteiger charge is -2.19. The minimum absolute atomic E-state index is 0.0779. The number of allylic oxidation sites excluding steroid dienone is 4. The van der Waals surface area contributed by atoms with Crippen molar-refractivity contribution >= 4 is 73.7 Å². The molecule has 0 radical (unpaired) electrons. The lowest BCUT2D eigenvalue weighted by atomic mass is 9.98. The van der Waals surface area contributed by atoms with Crippen LogP contribution in [0.2, 0.25) is 0 Å². The van der Waals surface area contributed by atoms with Gasteiger partial charge in [-0.15, -0.1) is 4.57 Å². The number of aryl methyl sites for hydroxylation is 3. The molecule has 0 bridgehead atoms. The molecule has 0 saturated carbocycles. The lowest BCUT2D eigenvalue weighted by molar-refractivity contribution is -0.538. The van der Waals surface area contributed by atoms with E-state index in [-0.39, 0.29) is 11.8 Å². The fourth-order valence-electron chi connectivity index (χ4n) is 9.89. The van der Waals surface area contributed by atoms with Crippen LogP contribution in [0.15, 0.2) is 186 Å². The molecule has 1 heterocycles. The molecule has 7 aromatic carbocycles. The predicted molar refractivity (Wildman–Crippen MR) is 328 cm³/mol. The van der Waals surface area contributed by atoms with Crippen LogP contribution in [0.1, 0.15) is 95.7 Å². The van der Waals surface area contributed by atoms with Crippen molar-refractivity contribution in [3.8, 4) is 16.8 Å². The van der Waals surface area contributed by atoms with Crippen LogP contribution in [0.4, 0.5) is 34.1 Å². The van der Waals surface area contributed by atoms with Crippen molar-refractivity contribution in [1.82, 2.24) is 20.9 Å². The first-order chi connectivity index (χ1) is 38.4. The van der Waals surface area contributed by atoms with Gasteiger partial charge in [-0.1, -0.05) is 105 Å². The Morgan fingerprint density at radius 3 is 1.73 bits per heavy atom. The Balaban J connectivity index is 0.646. The number of anilines is 5. The molecule has 1 aliphatic rings. The number of rotatable bonds is 23. The van der Waals surface area contributed by atoms with Crippen molar-refractivity contribution in [2.75, 3.05) is 48.3 Å². The Hall–Kier alpha value is -9.03. The highest BCUT2D eigenvalue weighted by Gasteiger charge is 2.23. The highest BCUT2D eigenvalue weighted by Crippen LogP contribution is 2.37. The van der Waals surface area contributed by atoms with Gasteiger partial charge in [0.25, 0.3) is 11.8 Å². The third kappa shape index (κ3) is 13.6. The second-order valence-electron chi connectivity index (χ2n) is 20.5. The average Bonchev–Trinajstić information content (AvgIpc) is 3.66. The standard InChI is InChI=1S/C67H72N10O2/c1-44-24-34-55(74-53-20-12-10-13-21-53)64(62(44)68)75-58-41-46(3)56(40-48(58)5)70-36-16-6-8-18-38-72-66(78)51-30-26-49(27-31-51)50-28-32-52(33-29-50)67(79)73-39-19-9-7-17-37-71-57-43-61-59(42-47(57)4)76-65-60(35-25-45(2)63(65)69)77(61)54-22-14-11-15-23-54/h10-15,20-35,40-43,70,74H,5-9,16-19,36-39,68H2,1-4H3,(H4,69,71,72,73,78,79)/p+1. The Bertz CT molecular complexity index is 3590. The fourth-order valence-corrected chi connectivity index (χ4v) is 9.89. The monoisotopic (exact) mass is 1050 g/mol. The van der Waals surface area contributed by atoms with Gasteiger partial charge in [0.1, 0.15) is 11.2 Å². The Morgan fingerprint density at radius 1 is 0.557 bits per heavy atom. The van der Waals surface area contributed by atoms with E-state index in [1.807, 2.05) is 111 Å². The lowest BCUT2D eigenvalue weighted by Crippen LogP contribution is -2.33. The van der Waals surface area contributed by atoms with Crippen LogP contribution in [0.25, 0.3) is 38.9 Å². The van der Waals surface area contributed by atoms with Crippen molar-refractivity contribution in [2.24, 2.45) is 4.99 Å². The molecule has 2 amide bonds. The smallest absolute Gasteiger partial charge is 0.251 e. The van der Waals surface area contributed by atoms with Gasteiger partial charge in [0, 0.05) is 78.6 Å². The van der Waals surface area contributed by atoms with Crippen LogP contribution < -0.4 is 42.6 Å². The molecule has 12 nitrogen and oxygen atoms in total. The summed E-state index contributed by atoms with van der Waals surface area (Å²) in [4.78, 5) is 36.0. The van der Waals surface area contributed by atoms with Gasteiger partial charge in [-0.3, -0.25) is 9.59 Å². The third-order valence-corrected chi connectivity index (χ3v) is 14.6. The summed E-state index contributed by atoms with van der Waals surface area (Å²) in [5, 5.41) is 16.9. The van der Waals surface area contributed by atoms with E-state index in [4.69, 9.17) is 21.4 Å². The zero-order valence-electron chi connectivity index (χ0n) is 46.0. The summed E-state index contributed by atoms with van der Waals surface area (Å²) in [6.45, 7) is 15.4. The van der Waals surface area contributed by atoms with E-state index in [9.17, 15) is 9.59 Å². The maximum atomic E-state index is 13.0. The molecule has 1 aromatic heterocycles. The molecule has 9 N–H and O–H groups in total. The van der Waals surface area contributed by atoms with Crippen LogP contribution in [-0.2, 0) is 0 Å². The summed E-state index contributed by atoms with van der Waals surface area (Å²) in [7, 11) is 0. The first-order valence-electron chi connectivity index (χ1n) is 27.7. The number of nitrogens with zero attached hydrogens (tertiary/aromatic N) is 3. The van der Waals surface area contributed by atoms with E-state index < -0.39 is 0 Å². The number of amides is 2. The van der Waals surface area contributed by atoms with Gasteiger partial charge in [-0.05, 0) is 153 Å². The van der Waals surface area contributed by atoms with Gasteiger partial charge in [-0.25, -0.2) is 9.98 Å². The van der Waals surface area contributed by atoms with Crippen LogP contribution in [-0.4, -0.2) is 48.7 Å². The summed E-state index contributed by atoms with van der Waals surface area (Å²) in [6, 6.07) is 48.1. The van der Waals surface area contributed by atoms with Crippen LogP contribution in [0, 0.1) is 20.8 Å². The number of para-hydroxylation sites is 2. The normalized spacial score (nSPS) is 12.8. The Kier molecular flexibility index (Phi) is 17.9. The number of nitrogen functional groups attached to an aromatic ring is 2. The maximum Gasteiger partial charge on any atom is 0.251 e. The minimum atomic E-state index is -0.0812. The summed E-state index contributed by atoms with van der Waals surface area (Å²) < 4.78 is 2.25. The summed E-state index contributed by atoms with van der Waals surface area (Å²) in [6.07, 6.45) is 12.1. The van der Waals surface area contributed by atoms with Crippen molar-refractivity contribution in [3.63, 3.8) is 0 Å². The Labute approximate surface area is 464 Å². The number of nitrogens with one attached hydrogen (secondary N) is 5. The molecule has 0 unspecified atom stereocenters. The number of unbranched alkanes of at least 4 members (excludes halogenated alkanes) is 6. The predicted octanol–water partition coefficient (Wildman–Crippen LogP) is 13.6. The molecular weight excluding hydrogens is 977 g/mol. The molecule has 0 saturated heterocycles. The summed E-state index contributed by atoms with van der Waals surface area (Å²) >= 11 is 0. The topological polar surface area (TPSA) is 175 Å². The van der Waals surface area contributed by atoms with E-state index in [0.29, 0.717) is 41.3 Å². The van der Waals surface area contributed by atoms with Crippen molar-refractivity contribution < 1.29 is 14.2 Å². The summed E-state index contributed by atoms with van der Waals surface area (Å²) in [5.41, 5.74) is 32.9. The first kappa shape index (κ1) is 54.7. The van der Waals surface area contributed by atoms with Gasteiger partial charge in [0.2, 0.25) is 16.7 Å². The van der Waals surface area contributed by atoms with E-state index >= 15 is 0 Å². The SMILES string of the molecule is C=C1C=C(NCCCCCCNC(=O)c2ccc(-c3ccc(C(=O)NCCCCCCNc4cc5c(cc4C)nc4c(N)c(C)ccc4[n+]5-c4ccccc4)cc3)cc2)C(C)=CC1=Nc1c(Nc2ccccc2)ccc(C)c1N. The van der Waals surface area contributed by atoms with Crippen molar-refractivity contribution in [1.29, 1.82) is 0 Å². The molecule has 402 valence electrons. The average molecular weight is 1050 g/mol. The third-order valence-electron chi connectivity index (χ3n) is 14.6. The quantitative estimate of drug-likeness (QED) is 0.0143. The minimum Gasteiger partial charge on any atom is -0.397 e. The number of hydrogen-bond acceptors (Lipinski definition) is 9. The number of carbonyl (C=O) groups excluding carboxylic acids is 2. The van der Waals surface area contributed by atoms with Crippen molar-refractivity contribution in [2.45, 2.75) is 79.1 Å². The van der Waals surface area contributed by atoms with E-state index in [1.54, 1.807) is 0 Å². The fraction of sp³-hybridized carbons (Fsp3) is 0.239. The van der Waals surface area contributed by atoms with Gasteiger partial charge < -0.3 is 38.1 Å². The molecule has 0 aliphatic heterocycles. The molecule has 1 aliphatic carbocycles. The number of fused-ring (bicyclic) bond motifs is 2. The van der Waals surface area contributed by atoms with Gasteiger partial charge in [-0.2, -0.15) is 0 Å². The molecule has 79 heavy (non-hydrogen) atoms.